The molecule has 8 atom stereocenters. The van der Waals surface area contributed by atoms with Crippen LogP contribution in [0.1, 0.15) is 91.5 Å². The summed E-state index contributed by atoms with van der Waals surface area (Å²) in [5, 5.41) is 23.9. The molecule has 1 aliphatic heterocycles. The second-order valence-electron chi connectivity index (χ2n) is 14.8. The Kier molecular flexibility index (Phi) is 8.91. The Bertz CT molecular complexity index is 1320. The third-order valence-electron chi connectivity index (χ3n) is 11.7. The van der Waals surface area contributed by atoms with E-state index in [9.17, 15) is 24.6 Å². The molecule has 1 aromatic rings. The molecule has 0 amide bonds. The van der Waals surface area contributed by atoms with Crippen LogP contribution in [0.3, 0.4) is 0 Å². The number of aliphatic hydroxyl groups is 2. The summed E-state index contributed by atoms with van der Waals surface area (Å²) in [4.78, 5) is 36.9. The summed E-state index contributed by atoms with van der Waals surface area (Å²) in [6, 6.07) is 9.25. The number of carbonyl (C=O) groups is 3. The van der Waals surface area contributed by atoms with Crippen LogP contribution in [0.25, 0.3) is 6.08 Å². The molecule has 0 aromatic heterocycles. The molecule has 5 rings (SSSR count). The van der Waals surface area contributed by atoms with E-state index in [2.05, 4.69) is 27.7 Å². The smallest absolute Gasteiger partial charge is 0.334 e. The summed E-state index contributed by atoms with van der Waals surface area (Å²) in [6.45, 7) is 10.6. The average molecular weight is 609 g/mol. The second-order valence-corrected chi connectivity index (χ2v) is 14.8. The van der Waals surface area contributed by atoms with Crippen molar-refractivity contribution in [2.75, 3.05) is 6.61 Å². The van der Waals surface area contributed by atoms with Crippen molar-refractivity contribution in [3.8, 4) is 0 Å². The van der Waals surface area contributed by atoms with Crippen molar-refractivity contribution in [3.05, 3.63) is 53.6 Å². The quantitative estimate of drug-likeness (QED) is 0.283. The normalized spacial score (nSPS) is 36.9. The lowest BCUT2D eigenvalue weighted by molar-refractivity contribution is -0.231. The lowest BCUT2D eigenvalue weighted by Crippen LogP contribution is -2.64. The molecule has 3 saturated carbocycles. The van der Waals surface area contributed by atoms with Crippen molar-refractivity contribution in [2.45, 2.75) is 104 Å². The fourth-order valence-corrected chi connectivity index (χ4v) is 9.82. The van der Waals surface area contributed by atoms with Gasteiger partial charge >= 0.3 is 17.9 Å². The Hall–Kier alpha value is -2.97. The lowest BCUT2D eigenvalue weighted by Gasteiger charge is -2.68. The van der Waals surface area contributed by atoms with Gasteiger partial charge in [-0.3, -0.25) is 4.79 Å². The monoisotopic (exact) mass is 608 g/mol. The topological polar surface area (TPSA) is 119 Å². The molecule has 3 aliphatic carbocycles. The predicted molar refractivity (Wildman–Crippen MR) is 165 cm³/mol. The fourth-order valence-electron chi connectivity index (χ4n) is 9.82. The minimum absolute atomic E-state index is 0.0789. The zero-order valence-corrected chi connectivity index (χ0v) is 26.7. The minimum Gasteiger partial charge on any atom is -0.463 e. The largest absolute Gasteiger partial charge is 0.463 e. The van der Waals surface area contributed by atoms with Gasteiger partial charge in [-0.2, -0.15) is 0 Å². The number of cyclic esters (lactones) is 1. The van der Waals surface area contributed by atoms with Gasteiger partial charge in [0.15, 0.2) is 0 Å². The molecule has 3 fully saturated rings. The van der Waals surface area contributed by atoms with Crippen molar-refractivity contribution in [2.24, 2.45) is 34.0 Å². The molecule has 44 heavy (non-hydrogen) atoms. The Morgan fingerprint density at radius 3 is 2.43 bits per heavy atom. The summed E-state index contributed by atoms with van der Waals surface area (Å²) in [7, 11) is 0. The lowest BCUT2D eigenvalue weighted by atomic mass is 9.38. The highest BCUT2D eigenvalue weighted by molar-refractivity contribution is 5.89. The Balaban J connectivity index is 1.40. The standard InChI is InChI=1S/C36H48O8/c1-23(37)42-22-36(41)19-15-28-34(4)17-9-16-33(2,3)27(34)14-18-35(28,5)29(36)21-26(38)25-20-31(40)44-32(25)43-30(39)13-12-24-10-7-6-8-11-24/h6-8,10-13,20,26-29,32,38,41H,9,14-19,21-22H2,1-5H3. The van der Waals surface area contributed by atoms with Crippen LogP contribution >= 0.6 is 0 Å². The van der Waals surface area contributed by atoms with Gasteiger partial charge < -0.3 is 24.4 Å². The molecular weight excluding hydrogens is 560 g/mol. The summed E-state index contributed by atoms with van der Waals surface area (Å²) in [5.41, 5.74) is -0.458. The van der Waals surface area contributed by atoms with Crippen LogP contribution in [0.5, 0.6) is 0 Å². The fraction of sp³-hybridized carbons (Fsp3) is 0.639. The van der Waals surface area contributed by atoms with E-state index in [0.717, 1.165) is 37.7 Å². The second kappa shape index (κ2) is 12.1. The number of carbonyl (C=O) groups excluding carboxylic acids is 3. The molecule has 240 valence electrons. The van der Waals surface area contributed by atoms with Gasteiger partial charge in [-0.05, 0) is 90.6 Å². The van der Waals surface area contributed by atoms with Gasteiger partial charge in [-0.15, -0.1) is 0 Å². The van der Waals surface area contributed by atoms with E-state index in [1.165, 1.54) is 25.5 Å². The van der Waals surface area contributed by atoms with E-state index in [1.54, 1.807) is 6.08 Å². The van der Waals surface area contributed by atoms with E-state index in [0.29, 0.717) is 18.3 Å². The number of ether oxygens (including phenoxy) is 3. The van der Waals surface area contributed by atoms with Gasteiger partial charge in [0.2, 0.25) is 0 Å². The number of aliphatic hydroxyl groups excluding tert-OH is 1. The molecule has 1 aromatic carbocycles. The number of esters is 3. The number of fused-ring (bicyclic) bond motifs is 3. The summed E-state index contributed by atoms with van der Waals surface area (Å²) in [5.74, 6) is -1.48. The van der Waals surface area contributed by atoms with E-state index in [1.807, 2.05) is 30.3 Å². The zero-order valence-electron chi connectivity index (χ0n) is 26.7. The molecule has 0 spiro atoms. The van der Waals surface area contributed by atoms with Crippen LogP contribution in [-0.4, -0.2) is 52.7 Å². The molecule has 0 bridgehead atoms. The van der Waals surface area contributed by atoms with Gasteiger partial charge in [0.25, 0.3) is 6.29 Å². The van der Waals surface area contributed by atoms with Crippen LogP contribution in [0.15, 0.2) is 48.1 Å². The molecule has 8 unspecified atom stereocenters. The molecule has 4 aliphatic rings. The SMILES string of the molecule is CC(=O)OCC1(O)CCC2C3(C)CCCC(C)(C)C3CCC2(C)C1CC(O)C1=CC(=O)OC1OC(=O)C=Cc1ccccc1. The summed E-state index contributed by atoms with van der Waals surface area (Å²) < 4.78 is 16.2. The van der Waals surface area contributed by atoms with Crippen LogP contribution in [0.4, 0.5) is 0 Å². The van der Waals surface area contributed by atoms with Crippen LogP contribution < -0.4 is 0 Å². The highest BCUT2D eigenvalue weighted by Crippen LogP contribution is 2.70. The van der Waals surface area contributed by atoms with E-state index >= 15 is 0 Å². The number of hydrogen-bond donors (Lipinski definition) is 2. The molecule has 2 N–H and O–H groups in total. The van der Waals surface area contributed by atoms with Crippen molar-refractivity contribution in [1.29, 1.82) is 0 Å². The highest BCUT2D eigenvalue weighted by Gasteiger charge is 2.65. The minimum atomic E-state index is -1.37. The third-order valence-corrected chi connectivity index (χ3v) is 11.7. The predicted octanol–water partition coefficient (Wildman–Crippen LogP) is 5.76. The van der Waals surface area contributed by atoms with Crippen LogP contribution in [0, 0.1) is 34.0 Å². The molecule has 0 radical (unpaired) electrons. The van der Waals surface area contributed by atoms with E-state index in [-0.39, 0.29) is 34.8 Å². The summed E-state index contributed by atoms with van der Waals surface area (Å²) in [6.07, 6.45) is 8.17. The molecule has 1 heterocycles. The maximum atomic E-state index is 12.7. The Labute approximate surface area is 260 Å². The first-order chi connectivity index (χ1) is 20.7. The summed E-state index contributed by atoms with van der Waals surface area (Å²) >= 11 is 0. The third kappa shape index (κ3) is 6.12. The maximum Gasteiger partial charge on any atom is 0.334 e. The maximum absolute atomic E-state index is 12.7. The van der Waals surface area contributed by atoms with Gasteiger partial charge in [-0.1, -0.05) is 64.4 Å². The van der Waals surface area contributed by atoms with Crippen LogP contribution in [0.2, 0.25) is 0 Å². The Morgan fingerprint density at radius 2 is 1.73 bits per heavy atom. The van der Waals surface area contributed by atoms with Gasteiger partial charge in [0.1, 0.15) is 12.2 Å². The number of hydrogen-bond acceptors (Lipinski definition) is 8. The zero-order chi connectivity index (χ0) is 31.9. The first-order valence-electron chi connectivity index (χ1n) is 16.1. The van der Waals surface area contributed by atoms with Gasteiger partial charge in [-0.25, -0.2) is 9.59 Å². The highest BCUT2D eigenvalue weighted by atomic mass is 16.7. The molecular formula is C36H48O8. The van der Waals surface area contributed by atoms with Crippen LogP contribution in [-0.2, 0) is 28.6 Å². The average Bonchev–Trinajstić information content (AvgIpc) is 3.32. The van der Waals surface area contributed by atoms with E-state index < -0.39 is 41.8 Å². The molecule has 8 heteroatoms. The Morgan fingerprint density at radius 1 is 1.02 bits per heavy atom. The number of benzene rings is 1. The number of rotatable bonds is 8. The first kappa shape index (κ1) is 32.4. The van der Waals surface area contributed by atoms with Crippen molar-refractivity contribution in [1.82, 2.24) is 0 Å². The van der Waals surface area contributed by atoms with Gasteiger partial charge in [0, 0.05) is 24.6 Å². The molecule has 0 saturated heterocycles. The van der Waals surface area contributed by atoms with Crippen molar-refractivity contribution in [3.63, 3.8) is 0 Å². The van der Waals surface area contributed by atoms with Crippen molar-refractivity contribution < 1.29 is 38.8 Å². The van der Waals surface area contributed by atoms with Gasteiger partial charge in [0.05, 0.1) is 6.10 Å². The van der Waals surface area contributed by atoms with Crippen molar-refractivity contribution >= 4 is 24.0 Å². The first-order valence-corrected chi connectivity index (χ1v) is 16.1. The molecule has 8 nitrogen and oxygen atoms in total. The van der Waals surface area contributed by atoms with E-state index in [4.69, 9.17) is 14.2 Å².